The Morgan fingerprint density at radius 1 is 0.967 bits per heavy atom. The molecular weight excluding hydrogens is 380 g/mol. The summed E-state index contributed by atoms with van der Waals surface area (Å²) in [7, 11) is 0. The van der Waals surface area contributed by atoms with Crippen molar-refractivity contribution in [3.8, 4) is 0 Å². The summed E-state index contributed by atoms with van der Waals surface area (Å²) >= 11 is 0. The van der Waals surface area contributed by atoms with Gasteiger partial charge in [-0.3, -0.25) is 9.59 Å². The Morgan fingerprint density at radius 2 is 1.53 bits per heavy atom. The Balaban J connectivity index is 1.82. The van der Waals surface area contributed by atoms with Gasteiger partial charge in [0.05, 0.1) is 11.3 Å². The van der Waals surface area contributed by atoms with Crippen molar-refractivity contribution < 1.29 is 24.2 Å². The summed E-state index contributed by atoms with van der Waals surface area (Å²) in [6.07, 6.45) is 0.807. The van der Waals surface area contributed by atoms with Crippen LogP contribution in [-0.2, 0) is 25.7 Å². The second kappa shape index (κ2) is 9.26. The lowest BCUT2D eigenvalue weighted by Gasteiger charge is -2.26. The van der Waals surface area contributed by atoms with Crippen molar-refractivity contribution in [2.75, 3.05) is 6.79 Å². The van der Waals surface area contributed by atoms with Crippen LogP contribution in [0.1, 0.15) is 39.2 Å². The first kappa shape index (κ1) is 21.8. The minimum absolute atomic E-state index is 0.155. The molecule has 0 saturated heterocycles. The predicted molar refractivity (Wildman–Crippen MR) is 117 cm³/mol. The van der Waals surface area contributed by atoms with Crippen molar-refractivity contribution in [2.24, 2.45) is 11.3 Å². The maximum atomic E-state index is 12.9. The van der Waals surface area contributed by atoms with E-state index in [1.807, 2.05) is 43.3 Å². The second-order valence-electron chi connectivity index (χ2n) is 8.16. The number of esters is 2. The number of aliphatic hydroxyl groups excluding tert-OH is 1. The molecule has 0 fully saturated rings. The van der Waals surface area contributed by atoms with E-state index >= 15 is 0 Å². The highest BCUT2D eigenvalue weighted by Gasteiger charge is 2.35. The molecule has 0 aliphatic heterocycles. The van der Waals surface area contributed by atoms with Crippen LogP contribution in [0, 0.1) is 11.3 Å². The Morgan fingerprint density at radius 3 is 2.07 bits per heavy atom. The fourth-order valence-corrected chi connectivity index (χ4v) is 3.87. The molecule has 1 unspecified atom stereocenters. The molecule has 0 amide bonds. The van der Waals surface area contributed by atoms with E-state index in [0.717, 1.165) is 27.1 Å². The number of aliphatic hydroxyl groups is 1. The molecule has 0 radical (unpaired) electrons. The highest BCUT2D eigenvalue weighted by Crippen LogP contribution is 2.32. The molecule has 0 saturated carbocycles. The zero-order chi connectivity index (χ0) is 21.7. The third-order valence-corrected chi connectivity index (χ3v) is 5.57. The second-order valence-corrected chi connectivity index (χ2v) is 8.16. The van der Waals surface area contributed by atoms with Crippen molar-refractivity contribution in [3.63, 3.8) is 0 Å². The monoisotopic (exact) mass is 408 g/mol. The number of benzene rings is 3. The van der Waals surface area contributed by atoms with Crippen molar-refractivity contribution >= 4 is 33.5 Å². The molecule has 0 aliphatic carbocycles. The van der Waals surface area contributed by atoms with E-state index in [9.17, 15) is 9.59 Å². The van der Waals surface area contributed by atoms with Crippen LogP contribution < -0.4 is 0 Å². The summed E-state index contributed by atoms with van der Waals surface area (Å²) in [6, 6.07) is 18.3. The molecule has 5 heteroatoms. The molecular formula is C25H28O5. The van der Waals surface area contributed by atoms with Gasteiger partial charge < -0.3 is 14.6 Å². The fourth-order valence-electron chi connectivity index (χ4n) is 3.87. The van der Waals surface area contributed by atoms with E-state index < -0.39 is 24.1 Å². The van der Waals surface area contributed by atoms with Gasteiger partial charge in [-0.25, -0.2) is 0 Å². The number of fused-ring (bicyclic) bond motifs is 2. The number of hydrogen-bond donors (Lipinski definition) is 1. The molecule has 3 rings (SSSR count). The maximum absolute atomic E-state index is 12.9. The van der Waals surface area contributed by atoms with Gasteiger partial charge >= 0.3 is 11.9 Å². The highest BCUT2D eigenvalue weighted by atomic mass is 16.6. The van der Waals surface area contributed by atoms with E-state index in [2.05, 4.69) is 18.2 Å². The first-order valence-corrected chi connectivity index (χ1v) is 10.2. The topological polar surface area (TPSA) is 72.8 Å². The standard InChI is InChI=1S/C25H28O5/c1-4-17(23(27)30-16-26)14-25(2,3)24(28)29-15-22-20-11-7-5-9-18(20)13-19-10-6-8-12-21(19)22/h5-13,17,26H,4,14-16H2,1-3H3. The third kappa shape index (κ3) is 4.62. The average molecular weight is 408 g/mol. The molecule has 0 heterocycles. The molecule has 3 aromatic rings. The molecule has 3 aromatic carbocycles. The third-order valence-electron chi connectivity index (χ3n) is 5.57. The van der Waals surface area contributed by atoms with Crippen LogP contribution in [0.3, 0.4) is 0 Å². The summed E-state index contributed by atoms with van der Waals surface area (Å²) in [4.78, 5) is 24.9. The van der Waals surface area contributed by atoms with Crippen LogP contribution in [0.15, 0.2) is 54.6 Å². The number of ether oxygens (including phenoxy) is 2. The van der Waals surface area contributed by atoms with Crippen molar-refractivity contribution in [3.05, 3.63) is 60.2 Å². The number of carbonyl (C=O) groups is 2. The average Bonchev–Trinajstić information content (AvgIpc) is 2.74. The van der Waals surface area contributed by atoms with Crippen LogP contribution in [0.25, 0.3) is 21.5 Å². The van der Waals surface area contributed by atoms with Gasteiger partial charge in [0, 0.05) is 5.56 Å². The number of hydrogen-bond acceptors (Lipinski definition) is 5. The zero-order valence-corrected chi connectivity index (χ0v) is 17.7. The van der Waals surface area contributed by atoms with Crippen molar-refractivity contribution in [1.82, 2.24) is 0 Å². The predicted octanol–water partition coefficient (Wildman–Crippen LogP) is 4.97. The molecule has 1 N–H and O–H groups in total. The zero-order valence-electron chi connectivity index (χ0n) is 17.7. The molecule has 158 valence electrons. The molecule has 5 nitrogen and oxygen atoms in total. The Labute approximate surface area is 176 Å². The Bertz CT molecular complexity index is 1000. The normalized spacial score (nSPS) is 12.7. The highest BCUT2D eigenvalue weighted by molar-refractivity contribution is 6.02. The largest absolute Gasteiger partial charge is 0.460 e. The van der Waals surface area contributed by atoms with Gasteiger partial charge in [-0.1, -0.05) is 55.5 Å². The van der Waals surface area contributed by atoms with E-state index in [1.165, 1.54) is 0 Å². The van der Waals surface area contributed by atoms with E-state index in [1.54, 1.807) is 13.8 Å². The molecule has 1 atom stereocenters. The van der Waals surface area contributed by atoms with Crippen LogP contribution in [-0.4, -0.2) is 23.8 Å². The van der Waals surface area contributed by atoms with Gasteiger partial charge in [0.2, 0.25) is 0 Å². The van der Waals surface area contributed by atoms with Crippen LogP contribution in [0.5, 0.6) is 0 Å². The van der Waals surface area contributed by atoms with Gasteiger partial charge in [0.25, 0.3) is 0 Å². The minimum Gasteiger partial charge on any atom is -0.460 e. The van der Waals surface area contributed by atoms with E-state index in [0.29, 0.717) is 6.42 Å². The number of carbonyl (C=O) groups excluding carboxylic acids is 2. The van der Waals surface area contributed by atoms with Gasteiger partial charge in [0.15, 0.2) is 6.79 Å². The smallest absolute Gasteiger partial charge is 0.311 e. The number of rotatable bonds is 8. The van der Waals surface area contributed by atoms with E-state index in [4.69, 9.17) is 14.6 Å². The lowest BCUT2D eigenvalue weighted by atomic mass is 9.81. The summed E-state index contributed by atoms with van der Waals surface area (Å²) in [5.74, 6) is -1.34. The maximum Gasteiger partial charge on any atom is 0.311 e. The van der Waals surface area contributed by atoms with Crippen LogP contribution >= 0.6 is 0 Å². The van der Waals surface area contributed by atoms with Crippen molar-refractivity contribution in [1.29, 1.82) is 0 Å². The Hall–Kier alpha value is -2.92. The van der Waals surface area contributed by atoms with Gasteiger partial charge in [-0.15, -0.1) is 0 Å². The molecule has 0 bridgehead atoms. The van der Waals surface area contributed by atoms with Gasteiger partial charge in [-0.05, 0) is 54.3 Å². The first-order chi connectivity index (χ1) is 14.4. The van der Waals surface area contributed by atoms with Gasteiger partial charge in [-0.2, -0.15) is 0 Å². The molecule has 0 aromatic heterocycles. The summed E-state index contributed by atoms with van der Waals surface area (Å²) in [6.45, 7) is 4.89. The Kier molecular flexibility index (Phi) is 6.73. The summed E-state index contributed by atoms with van der Waals surface area (Å²) < 4.78 is 10.5. The minimum atomic E-state index is -0.866. The first-order valence-electron chi connectivity index (χ1n) is 10.2. The SMILES string of the molecule is CCC(CC(C)(C)C(=O)OCc1c2ccccc2cc2ccccc12)C(=O)OCO. The van der Waals surface area contributed by atoms with Crippen LogP contribution in [0.2, 0.25) is 0 Å². The fraction of sp³-hybridized carbons (Fsp3) is 0.360. The molecule has 0 aliphatic rings. The summed E-state index contributed by atoms with van der Waals surface area (Å²) in [5, 5.41) is 13.1. The molecule has 0 spiro atoms. The lowest BCUT2D eigenvalue weighted by Crippen LogP contribution is -2.32. The van der Waals surface area contributed by atoms with Gasteiger partial charge in [0.1, 0.15) is 6.61 Å². The van der Waals surface area contributed by atoms with Crippen LogP contribution in [0.4, 0.5) is 0 Å². The molecule has 30 heavy (non-hydrogen) atoms. The quantitative estimate of drug-likeness (QED) is 0.324. The van der Waals surface area contributed by atoms with E-state index in [-0.39, 0.29) is 19.0 Å². The summed E-state index contributed by atoms with van der Waals surface area (Å²) in [5.41, 5.74) is 0.106. The van der Waals surface area contributed by atoms with Crippen molar-refractivity contribution in [2.45, 2.75) is 40.2 Å². The lowest BCUT2D eigenvalue weighted by molar-refractivity contribution is -0.162.